The summed E-state index contributed by atoms with van der Waals surface area (Å²) < 4.78 is 3.33. The first-order valence-corrected chi connectivity index (χ1v) is 13.1. The highest BCUT2D eigenvalue weighted by atomic mass is 16.1. The molecule has 0 atom stereocenters. The highest BCUT2D eigenvalue weighted by molar-refractivity contribution is 5.82. The van der Waals surface area contributed by atoms with Crippen LogP contribution in [0.15, 0.2) is 78.1 Å². The zero-order valence-corrected chi connectivity index (χ0v) is 22.4. The Labute approximate surface area is 218 Å². The first kappa shape index (κ1) is 25.9. The van der Waals surface area contributed by atoms with Crippen molar-refractivity contribution in [3.05, 3.63) is 83.8 Å². The maximum atomic E-state index is 13.1. The molecule has 7 heteroatoms. The Bertz CT molecular complexity index is 1500. The van der Waals surface area contributed by atoms with Crippen molar-refractivity contribution < 1.29 is 0 Å². The molecule has 0 saturated heterocycles. The van der Waals surface area contributed by atoms with Crippen molar-refractivity contribution in [1.82, 2.24) is 24.1 Å². The van der Waals surface area contributed by atoms with Crippen LogP contribution in [0.3, 0.4) is 0 Å². The quantitative estimate of drug-likeness (QED) is 0.269. The largest absolute Gasteiger partial charge is 0.372 e. The number of anilines is 1. The highest BCUT2D eigenvalue weighted by Gasteiger charge is 2.16. The summed E-state index contributed by atoms with van der Waals surface area (Å²) in [6.07, 6.45) is 9.56. The maximum Gasteiger partial charge on any atom is 0.333 e. The lowest BCUT2D eigenvalue weighted by Crippen LogP contribution is -2.25. The van der Waals surface area contributed by atoms with Gasteiger partial charge in [0.05, 0.1) is 17.1 Å². The summed E-state index contributed by atoms with van der Waals surface area (Å²) in [5.74, 6) is 0. The second-order valence-electron chi connectivity index (χ2n) is 8.82. The van der Waals surface area contributed by atoms with Crippen LogP contribution in [0.1, 0.15) is 40.5 Å². The van der Waals surface area contributed by atoms with E-state index in [0.29, 0.717) is 0 Å². The molecular formula is C30H36N6O. The van der Waals surface area contributed by atoms with Crippen molar-refractivity contribution in [2.45, 2.75) is 40.5 Å². The molecule has 0 radical (unpaired) electrons. The van der Waals surface area contributed by atoms with E-state index in [2.05, 4.69) is 51.9 Å². The van der Waals surface area contributed by atoms with Gasteiger partial charge in [0.1, 0.15) is 5.65 Å². The molecule has 192 valence electrons. The molecule has 0 spiro atoms. The molecule has 5 aromatic rings. The Morgan fingerprint density at radius 1 is 0.919 bits per heavy atom. The fraction of sp³-hybridized carbons (Fsp3) is 0.300. The minimum atomic E-state index is -0.102. The van der Waals surface area contributed by atoms with Crippen LogP contribution < -0.4 is 10.6 Å². The zero-order valence-electron chi connectivity index (χ0n) is 22.4. The van der Waals surface area contributed by atoms with Gasteiger partial charge < -0.3 is 14.5 Å². The fourth-order valence-electron chi connectivity index (χ4n) is 4.56. The highest BCUT2D eigenvalue weighted by Crippen LogP contribution is 2.27. The van der Waals surface area contributed by atoms with Gasteiger partial charge in [-0.15, -0.1) is 0 Å². The predicted octanol–water partition coefficient (Wildman–Crippen LogP) is 6.43. The van der Waals surface area contributed by atoms with Gasteiger partial charge in [-0.25, -0.2) is 9.78 Å². The van der Waals surface area contributed by atoms with E-state index in [9.17, 15) is 4.79 Å². The predicted molar refractivity (Wildman–Crippen MR) is 153 cm³/mol. The summed E-state index contributed by atoms with van der Waals surface area (Å²) in [6.45, 7) is 10.4. The molecule has 0 saturated carbocycles. The number of H-pyrrole nitrogens is 1. The van der Waals surface area contributed by atoms with E-state index in [-0.39, 0.29) is 5.69 Å². The topological polar surface area (TPSA) is 71.7 Å². The number of fused-ring (bicyclic) bond motifs is 1. The number of rotatable bonds is 8. The molecule has 7 nitrogen and oxygen atoms in total. The Morgan fingerprint density at radius 3 is 2.35 bits per heavy atom. The number of hydrogen-bond acceptors (Lipinski definition) is 4. The SMILES string of the molecule is CC.CCCN(CCC)c1ccc(-n2c(-c3cc(-c4cnc5[nH]ccc5c4)ccn3)cn(C)c2=O)cc1. The van der Waals surface area contributed by atoms with Crippen LogP contribution in [0.5, 0.6) is 0 Å². The number of aromatic nitrogens is 5. The second-order valence-corrected chi connectivity index (χ2v) is 8.82. The average Bonchev–Trinajstić information content (AvgIpc) is 3.53. The van der Waals surface area contributed by atoms with Crippen LogP contribution in [0.2, 0.25) is 0 Å². The van der Waals surface area contributed by atoms with Gasteiger partial charge in [-0.05, 0) is 66.9 Å². The summed E-state index contributed by atoms with van der Waals surface area (Å²) >= 11 is 0. The standard InChI is InChI=1S/C28H30N6O.C2H6/c1-4-14-33(15-5-2)23-6-8-24(9-7-23)34-26(19-32(3)28(34)35)25-17-20(10-12-29-25)22-16-21-11-13-30-27(21)31-18-22;1-2/h6-13,16-19H,4-5,14-15H2,1-3H3,(H,30,31);1-2H3. The molecular weight excluding hydrogens is 460 g/mol. The summed E-state index contributed by atoms with van der Waals surface area (Å²) in [7, 11) is 1.77. The van der Waals surface area contributed by atoms with Crippen LogP contribution in [-0.4, -0.2) is 37.2 Å². The Hall–Kier alpha value is -4.13. The summed E-state index contributed by atoms with van der Waals surface area (Å²) in [6, 6.07) is 16.3. The van der Waals surface area contributed by atoms with E-state index in [1.165, 1.54) is 5.69 Å². The van der Waals surface area contributed by atoms with Crippen molar-refractivity contribution >= 4 is 16.7 Å². The lowest BCUT2D eigenvalue weighted by atomic mass is 10.1. The van der Waals surface area contributed by atoms with Crippen LogP contribution in [-0.2, 0) is 7.05 Å². The molecule has 5 rings (SSSR count). The molecule has 4 aromatic heterocycles. The van der Waals surface area contributed by atoms with Crippen molar-refractivity contribution in [1.29, 1.82) is 0 Å². The normalized spacial score (nSPS) is 10.8. The number of benzene rings is 1. The van der Waals surface area contributed by atoms with E-state index < -0.39 is 0 Å². The van der Waals surface area contributed by atoms with Crippen LogP contribution in [0, 0.1) is 0 Å². The summed E-state index contributed by atoms with van der Waals surface area (Å²) in [5, 5.41) is 1.05. The number of pyridine rings is 2. The van der Waals surface area contributed by atoms with Gasteiger partial charge in [0.2, 0.25) is 0 Å². The minimum Gasteiger partial charge on any atom is -0.372 e. The molecule has 0 aliphatic rings. The fourth-order valence-corrected chi connectivity index (χ4v) is 4.56. The first-order chi connectivity index (χ1) is 18.1. The Morgan fingerprint density at radius 2 is 1.65 bits per heavy atom. The van der Waals surface area contributed by atoms with Gasteiger partial charge >= 0.3 is 5.69 Å². The van der Waals surface area contributed by atoms with Gasteiger partial charge in [-0.3, -0.25) is 9.55 Å². The number of nitrogens with one attached hydrogen (secondary N) is 1. The molecule has 0 aliphatic heterocycles. The zero-order chi connectivity index (χ0) is 26.4. The number of nitrogens with zero attached hydrogens (tertiary/aromatic N) is 5. The molecule has 1 aromatic carbocycles. The molecule has 37 heavy (non-hydrogen) atoms. The van der Waals surface area contributed by atoms with Crippen molar-refractivity contribution in [3.63, 3.8) is 0 Å². The number of imidazole rings is 1. The third-order valence-corrected chi connectivity index (χ3v) is 6.27. The first-order valence-electron chi connectivity index (χ1n) is 13.1. The van der Waals surface area contributed by atoms with Gasteiger partial charge in [0.25, 0.3) is 0 Å². The van der Waals surface area contributed by atoms with Gasteiger partial charge in [0.15, 0.2) is 0 Å². The lowest BCUT2D eigenvalue weighted by Gasteiger charge is -2.24. The Balaban J connectivity index is 0.00000156. The molecule has 0 unspecified atom stereocenters. The molecule has 0 aliphatic carbocycles. The second kappa shape index (κ2) is 11.7. The number of aromatic amines is 1. The number of aryl methyl sites for hydroxylation is 1. The van der Waals surface area contributed by atoms with Gasteiger partial charge in [-0.2, -0.15) is 0 Å². The van der Waals surface area contributed by atoms with E-state index >= 15 is 0 Å². The van der Waals surface area contributed by atoms with Crippen molar-refractivity contribution in [3.8, 4) is 28.2 Å². The molecule has 1 N–H and O–H groups in total. The lowest BCUT2D eigenvalue weighted by molar-refractivity contribution is 0.744. The maximum absolute atomic E-state index is 13.1. The van der Waals surface area contributed by atoms with Crippen LogP contribution >= 0.6 is 0 Å². The minimum absolute atomic E-state index is 0.102. The van der Waals surface area contributed by atoms with Gasteiger partial charge in [-0.1, -0.05) is 27.7 Å². The monoisotopic (exact) mass is 496 g/mol. The molecule has 0 amide bonds. The van der Waals surface area contributed by atoms with Crippen molar-refractivity contribution in [2.24, 2.45) is 7.05 Å². The number of hydrogen-bond donors (Lipinski definition) is 1. The third-order valence-electron chi connectivity index (χ3n) is 6.27. The van der Waals surface area contributed by atoms with Crippen LogP contribution in [0.25, 0.3) is 39.2 Å². The van der Waals surface area contributed by atoms with Gasteiger partial charge in [0, 0.05) is 61.6 Å². The summed E-state index contributed by atoms with van der Waals surface area (Å²) in [4.78, 5) is 27.8. The molecule has 4 heterocycles. The summed E-state index contributed by atoms with van der Waals surface area (Å²) in [5.41, 5.74) is 6.24. The van der Waals surface area contributed by atoms with Crippen LogP contribution in [0.4, 0.5) is 5.69 Å². The molecule has 0 bridgehead atoms. The van der Waals surface area contributed by atoms with E-state index in [1.807, 2.05) is 62.8 Å². The van der Waals surface area contributed by atoms with E-state index in [4.69, 9.17) is 0 Å². The smallest absolute Gasteiger partial charge is 0.333 e. The third kappa shape index (κ3) is 5.35. The van der Waals surface area contributed by atoms with E-state index in [1.54, 1.807) is 22.4 Å². The van der Waals surface area contributed by atoms with Crippen molar-refractivity contribution in [2.75, 3.05) is 18.0 Å². The van der Waals surface area contributed by atoms with E-state index in [0.717, 1.165) is 65.2 Å². The molecule has 0 fully saturated rings. The average molecular weight is 497 g/mol. The Kier molecular flexibility index (Phi) is 8.23.